The third kappa shape index (κ3) is 3.06. The standard InChI is InChI=1S/C20H26N8/c1-13(2)17-22-14(3)12-16(23-17)26-8-10-27(11-9-26)19-20-25-24-18(15-4-5-15)28(20)7-6-21-19/h6-7,12-13,15H,4-5,8-11H2,1-3H3. The van der Waals surface area contributed by atoms with Crippen LogP contribution in [0.2, 0.25) is 0 Å². The maximum absolute atomic E-state index is 4.79. The molecule has 0 atom stereocenters. The van der Waals surface area contributed by atoms with E-state index in [9.17, 15) is 0 Å². The van der Waals surface area contributed by atoms with Crippen molar-refractivity contribution in [3.63, 3.8) is 0 Å². The summed E-state index contributed by atoms with van der Waals surface area (Å²) in [4.78, 5) is 18.6. The lowest BCUT2D eigenvalue weighted by atomic mass is 10.2. The summed E-state index contributed by atoms with van der Waals surface area (Å²) in [6.07, 6.45) is 6.29. The molecule has 3 aromatic heterocycles. The highest BCUT2D eigenvalue weighted by molar-refractivity contribution is 5.64. The summed E-state index contributed by atoms with van der Waals surface area (Å²) < 4.78 is 2.12. The van der Waals surface area contributed by atoms with Crippen molar-refractivity contribution in [2.75, 3.05) is 36.0 Å². The normalized spacial score (nSPS) is 17.7. The van der Waals surface area contributed by atoms with E-state index in [1.165, 1.54) is 12.8 Å². The number of aryl methyl sites for hydroxylation is 1. The fourth-order valence-electron chi connectivity index (χ4n) is 3.82. The second-order valence-corrected chi connectivity index (χ2v) is 8.13. The maximum atomic E-state index is 4.79. The number of anilines is 2. The molecule has 0 aromatic carbocycles. The summed E-state index contributed by atoms with van der Waals surface area (Å²) in [5.41, 5.74) is 1.90. The zero-order chi connectivity index (χ0) is 19.3. The molecule has 3 aromatic rings. The van der Waals surface area contributed by atoms with Gasteiger partial charge in [0.1, 0.15) is 17.5 Å². The van der Waals surface area contributed by atoms with Gasteiger partial charge in [-0.05, 0) is 19.8 Å². The van der Waals surface area contributed by atoms with Gasteiger partial charge in [0.25, 0.3) is 0 Å². The van der Waals surface area contributed by atoms with Gasteiger partial charge < -0.3 is 9.80 Å². The minimum absolute atomic E-state index is 0.329. The van der Waals surface area contributed by atoms with Crippen LogP contribution in [-0.2, 0) is 0 Å². The molecule has 0 spiro atoms. The van der Waals surface area contributed by atoms with E-state index < -0.39 is 0 Å². The molecule has 0 N–H and O–H groups in total. The van der Waals surface area contributed by atoms with Crippen LogP contribution in [0.3, 0.4) is 0 Å². The molecule has 8 heteroatoms. The van der Waals surface area contributed by atoms with Crippen molar-refractivity contribution in [2.24, 2.45) is 0 Å². The first-order chi connectivity index (χ1) is 13.6. The molecule has 0 radical (unpaired) electrons. The lowest BCUT2D eigenvalue weighted by Crippen LogP contribution is -2.47. The molecular weight excluding hydrogens is 352 g/mol. The molecule has 0 amide bonds. The van der Waals surface area contributed by atoms with E-state index in [0.29, 0.717) is 11.8 Å². The van der Waals surface area contributed by atoms with Crippen molar-refractivity contribution in [1.29, 1.82) is 0 Å². The Hall–Kier alpha value is -2.77. The third-order valence-corrected chi connectivity index (χ3v) is 5.55. The summed E-state index contributed by atoms with van der Waals surface area (Å²) in [7, 11) is 0. The highest BCUT2D eigenvalue weighted by Gasteiger charge is 2.30. The van der Waals surface area contributed by atoms with Gasteiger partial charge >= 0.3 is 0 Å². The van der Waals surface area contributed by atoms with E-state index in [1.807, 2.05) is 19.3 Å². The molecule has 1 aliphatic heterocycles. The molecule has 0 bridgehead atoms. The number of hydrogen-bond donors (Lipinski definition) is 0. The summed E-state index contributed by atoms with van der Waals surface area (Å²) in [6, 6.07) is 2.08. The van der Waals surface area contributed by atoms with Crippen LogP contribution in [0.25, 0.3) is 5.65 Å². The quantitative estimate of drug-likeness (QED) is 0.690. The van der Waals surface area contributed by atoms with Crippen molar-refractivity contribution in [2.45, 2.75) is 45.4 Å². The fourth-order valence-corrected chi connectivity index (χ4v) is 3.82. The molecular formula is C20H26N8. The van der Waals surface area contributed by atoms with Gasteiger partial charge in [0, 0.05) is 62.2 Å². The molecule has 2 fully saturated rings. The molecule has 8 nitrogen and oxygen atoms in total. The molecule has 1 aliphatic carbocycles. The Morgan fingerprint density at radius 3 is 2.46 bits per heavy atom. The highest BCUT2D eigenvalue weighted by Crippen LogP contribution is 2.39. The van der Waals surface area contributed by atoms with E-state index in [0.717, 1.165) is 60.8 Å². The Bertz CT molecular complexity index is 999. The number of hydrogen-bond acceptors (Lipinski definition) is 7. The van der Waals surface area contributed by atoms with Crippen molar-refractivity contribution < 1.29 is 0 Å². The monoisotopic (exact) mass is 378 g/mol. The predicted octanol–water partition coefficient (Wildman–Crippen LogP) is 2.55. The molecule has 2 aliphatic rings. The first-order valence-corrected chi connectivity index (χ1v) is 10.2. The van der Waals surface area contributed by atoms with Gasteiger partial charge in [-0.1, -0.05) is 13.8 Å². The number of piperazine rings is 1. The van der Waals surface area contributed by atoms with Crippen LogP contribution in [0, 0.1) is 6.92 Å². The number of nitrogens with zero attached hydrogens (tertiary/aromatic N) is 8. The molecule has 1 saturated heterocycles. The van der Waals surface area contributed by atoms with E-state index in [4.69, 9.17) is 4.98 Å². The molecule has 1 saturated carbocycles. The lowest BCUT2D eigenvalue weighted by molar-refractivity contribution is 0.635. The van der Waals surface area contributed by atoms with E-state index in [1.54, 1.807) is 0 Å². The van der Waals surface area contributed by atoms with Crippen molar-refractivity contribution in [3.05, 3.63) is 35.8 Å². The SMILES string of the molecule is Cc1cc(N2CCN(c3nccn4c(C5CC5)nnc34)CC2)nc(C(C)C)n1. The van der Waals surface area contributed by atoms with E-state index >= 15 is 0 Å². The lowest BCUT2D eigenvalue weighted by Gasteiger charge is -2.36. The van der Waals surface area contributed by atoms with Gasteiger partial charge in [-0.25, -0.2) is 15.0 Å². The topological polar surface area (TPSA) is 75.3 Å². The second-order valence-electron chi connectivity index (χ2n) is 8.13. The average molecular weight is 378 g/mol. The van der Waals surface area contributed by atoms with Gasteiger partial charge in [0.2, 0.25) is 5.65 Å². The average Bonchev–Trinajstić information content (AvgIpc) is 3.46. The van der Waals surface area contributed by atoms with Crippen LogP contribution in [-0.4, -0.2) is 55.7 Å². The van der Waals surface area contributed by atoms with E-state index in [-0.39, 0.29) is 0 Å². The zero-order valence-corrected chi connectivity index (χ0v) is 16.7. The highest BCUT2D eigenvalue weighted by atomic mass is 15.3. The first-order valence-electron chi connectivity index (χ1n) is 10.2. The second kappa shape index (κ2) is 6.68. The number of rotatable bonds is 4. The Labute approximate surface area is 164 Å². The predicted molar refractivity (Wildman–Crippen MR) is 108 cm³/mol. The van der Waals surface area contributed by atoms with Crippen molar-refractivity contribution in [1.82, 2.24) is 29.5 Å². The number of aromatic nitrogens is 6. The van der Waals surface area contributed by atoms with Gasteiger partial charge in [0.05, 0.1) is 0 Å². The fraction of sp³-hybridized carbons (Fsp3) is 0.550. The number of fused-ring (bicyclic) bond motifs is 1. The van der Waals surface area contributed by atoms with Crippen LogP contribution < -0.4 is 9.80 Å². The summed E-state index contributed by atoms with van der Waals surface area (Å²) in [5, 5.41) is 8.88. The van der Waals surface area contributed by atoms with Crippen LogP contribution in [0.4, 0.5) is 11.6 Å². The van der Waals surface area contributed by atoms with E-state index in [2.05, 4.69) is 54.3 Å². The van der Waals surface area contributed by atoms with Crippen LogP contribution >= 0.6 is 0 Å². The Balaban J connectivity index is 1.36. The Morgan fingerprint density at radius 2 is 1.75 bits per heavy atom. The van der Waals surface area contributed by atoms with Crippen LogP contribution in [0.15, 0.2) is 18.5 Å². The molecule has 0 unspecified atom stereocenters. The van der Waals surface area contributed by atoms with Crippen LogP contribution in [0.1, 0.15) is 55.9 Å². The molecule has 146 valence electrons. The first kappa shape index (κ1) is 17.3. The molecule has 28 heavy (non-hydrogen) atoms. The summed E-state index contributed by atoms with van der Waals surface area (Å²) >= 11 is 0. The smallest absolute Gasteiger partial charge is 0.203 e. The van der Waals surface area contributed by atoms with Gasteiger partial charge in [0.15, 0.2) is 5.82 Å². The van der Waals surface area contributed by atoms with Gasteiger partial charge in [-0.3, -0.25) is 4.40 Å². The molecule has 4 heterocycles. The van der Waals surface area contributed by atoms with Crippen molar-refractivity contribution in [3.8, 4) is 0 Å². The molecule has 5 rings (SSSR count). The third-order valence-electron chi connectivity index (χ3n) is 5.55. The van der Waals surface area contributed by atoms with Gasteiger partial charge in [-0.2, -0.15) is 0 Å². The summed E-state index contributed by atoms with van der Waals surface area (Å²) in [5.74, 6) is 4.85. The van der Waals surface area contributed by atoms with Gasteiger partial charge in [-0.15, -0.1) is 10.2 Å². The van der Waals surface area contributed by atoms with Crippen molar-refractivity contribution >= 4 is 17.3 Å². The zero-order valence-electron chi connectivity index (χ0n) is 16.7. The Morgan fingerprint density at radius 1 is 1.00 bits per heavy atom. The minimum Gasteiger partial charge on any atom is -0.353 e. The van der Waals surface area contributed by atoms with Crippen LogP contribution in [0.5, 0.6) is 0 Å². The maximum Gasteiger partial charge on any atom is 0.203 e. The Kier molecular flexibility index (Phi) is 4.14. The minimum atomic E-state index is 0.329. The largest absolute Gasteiger partial charge is 0.353 e. The summed E-state index contributed by atoms with van der Waals surface area (Å²) in [6.45, 7) is 9.90.